The molecule has 2 nitrogen and oxygen atoms in total. The van der Waals surface area contributed by atoms with Gasteiger partial charge in [0.05, 0.1) is 4.88 Å². The van der Waals surface area contributed by atoms with Crippen LogP contribution in [0.25, 0.3) is 0 Å². The molecule has 0 spiro atoms. The van der Waals surface area contributed by atoms with Crippen LogP contribution in [0.3, 0.4) is 0 Å². The van der Waals surface area contributed by atoms with Crippen LogP contribution in [-0.2, 0) is 0 Å². The molecule has 4 heteroatoms. The third-order valence-corrected chi connectivity index (χ3v) is 4.55. The minimum absolute atomic E-state index is 0.0863. The van der Waals surface area contributed by atoms with Gasteiger partial charge in [0.15, 0.2) is 0 Å². The van der Waals surface area contributed by atoms with Crippen molar-refractivity contribution in [2.24, 2.45) is 5.92 Å². The summed E-state index contributed by atoms with van der Waals surface area (Å²) in [5, 5.41) is 4.95. The largest absolute Gasteiger partial charge is 0.351 e. The van der Waals surface area contributed by atoms with E-state index in [2.05, 4.69) is 5.32 Å². The van der Waals surface area contributed by atoms with Gasteiger partial charge in [-0.25, -0.2) is 0 Å². The van der Waals surface area contributed by atoms with Crippen molar-refractivity contribution in [3.63, 3.8) is 0 Å². The Labute approximate surface area is 98.5 Å². The van der Waals surface area contributed by atoms with Crippen molar-refractivity contribution in [1.82, 2.24) is 5.32 Å². The van der Waals surface area contributed by atoms with Gasteiger partial charge in [-0.1, -0.05) is 6.07 Å². The van der Waals surface area contributed by atoms with Crippen molar-refractivity contribution < 1.29 is 4.79 Å². The Balaban J connectivity index is 1.75. The number of hydrogen-bond donors (Lipinski definition) is 1. The van der Waals surface area contributed by atoms with E-state index in [9.17, 15) is 4.79 Å². The van der Waals surface area contributed by atoms with E-state index >= 15 is 0 Å². The molecule has 0 radical (unpaired) electrons. The van der Waals surface area contributed by atoms with Crippen LogP contribution in [-0.4, -0.2) is 24.0 Å². The molecule has 1 aromatic rings. The number of rotatable bonds is 3. The summed E-state index contributed by atoms with van der Waals surface area (Å²) in [5.41, 5.74) is 0. The minimum Gasteiger partial charge on any atom is -0.351 e. The summed E-state index contributed by atoms with van der Waals surface area (Å²) in [6, 6.07) is 3.79. The molecule has 1 aromatic heterocycles. The summed E-state index contributed by atoms with van der Waals surface area (Å²) in [7, 11) is 0. The van der Waals surface area contributed by atoms with Crippen molar-refractivity contribution in [3.8, 4) is 0 Å². The van der Waals surface area contributed by atoms with E-state index in [-0.39, 0.29) is 5.91 Å². The number of amides is 1. The minimum atomic E-state index is 0.0863. The Kier molecular flexibility index (Phi) is 4.09. The third-order valence-electron chi connectivity index (χ3n) is 2.64. The van der Waals surface area contributed by atoms with Crippen LogP contribution in [0.15, 0.2) is 17.5 Å². The molecule has 2 rings (SSSR count). The first-order valence-corrected chi connectivity index (χ1v) is 7.29. The van der Waals surface area contributed by atoms with Crippen LogP contribution in [0.5, 0.6) is 0 Å². The summed E-state index contributed by atoms with van der Waals surface area (Å²) in [5.74, 6) is 3.28. The fourth-order valence-corrected chi connectivity index (χ4v) is 3.53. The van der Waals surface area contributed by atoms with Gasteiger partial charge >= 0.3 is 0 Å². The first kappa shape index (κ1) is 11.0. The average Bonchev–Trinajstić information content (AvgIpc) is 2.81. The molecule has 0 saturated carbocycles. The zero-order valence-electron chi connectivity index (χ0n) is 8.57. The van der Waals surface area contributed by atoms with Crippen molar-refractivity contribution in [3.05, 3.63) is 22.4 Å². The van der Waals surface area contributed by atoms with Crippen molar-refractivity contribution in [2.75, 3.05) is 18.1 Å². The van der Waals surface area contributed by atoms with Gasteiger partial charge in [0, 0.05) is 6.54 Å². The molecule has 1 aliphatic heterocycles. The van der Waals surface area contributed by atoms with Gasteiger partial charge in [-0.2, -0.15) is 11.8 Å². The van der Waals surface area contributed by atoms with E-state index in [1.54, 1.807) is 0 Å². The van der Waals surface area contributed by atoms with Crippen molar-refractivity contribution >= 4 is 29.0 Å². The lowest BCUT2D eigenvalue weighted by molar-refractivity contribution is 0.0950. The molecule has 82 valence electrons. The molecule has 1 fully saturated rings. The predicted octanol–water partition coefficient (Wildman–Crippen LogP) is 2.62. The van der Waals surface area contributed by atoms with Crippen molar-refractivity contribution in [1.29, 1.82) is 0 Å². The molecule has 0 aliphatic carbocycles. The summed E-state index contributed by atoms with van der Waals surface area (Å²) < 4.78 is 0. The van der Waals surface area contributed by atoms with Gasteiger partial charge in [-0.05, 0) is 41.7 Å². The first-order valence-electron chi connectivity index (χ1n) is 5.25. The molecule has 1 amide bonds. The number of thioether (sulfide) groups is 1. The van der Waals surface area contributed by atoms with Gasteiger partial charge in [-0.15, -0.1) is 11.3 Å². The van der Waals surface area contributed by atoms with Gasteiger partial charge in [0.25, 0.3) is 5.91 Å². The lowest BCUT2D eigenvalue weighted by atomic mass is 10.0. The Hall–Kier alpha value is -0.480. The second kappa shape index (κ2) is 5.56. The molecule has 2 heterocycles. The monoisotopic (exact) mass is 241 g/mol. The predicted molar refractivity (Wildman–Crippen MR) is 66.7 cm³/mol. The van der Waals surface area contributed by atoms with E-state index in [1.807, 2.05) is 29.3 Å². The highest BCUT2D eigenvalue weighted by atomic mass is 32.2. The molecular weight excluding hydrogens is 226 g/mol. The Morgan fingerprint density at radius 2 is 2.27 bits per heavy atom. The maximum atomic E-state index is 11.6. The zero-order valence-corrected chi connectivity index (χ0v) is 10.2. The fraction of sp³-hybridized carbons (Fsp3) is 0.545. The van der Waals surface area contributed by atoms with Gasteiger partial charge < -0.3 is 5.32 Å². The summed E-state index contributed by atoms with van der Waals surface area (Å²) in [6.45, 7) is 0.845. The molecule has 0 unspecified atom stereocenters. The second-order valence-electron chi connectivity index (χ2n) is 3.74. The van der Waals surface area contributed by atoms with Crippen LogP contribution < -0.4 is 5.32 Å². The van der Waals surface area contributed by atoms with E-state index in [0.717, 1.165) is 11.4 Å². The van der Waals surface area contributed by atoms with E-state index in [1.165, 1.54) is 35.7 Å². The Bertz CT molecular complexity index is 304. The maximum absolute atomic E-state index is 11.6. The van der Waals surface area contributed by atoms with Gasteiger partial charge in [0.1, 0.15) is 0 Å². The topological polar surface area (TPSA) is 29.1 Å². The number of carbonyl (C=O) groups is 1. The quantitative estimate of drug-likeness (QED) is 0.881. The highest BCUT2D eigenvalue weighted by molar-refractivity contribution is 7.99. The van der Waals surface area contributed by atoms with E-state index < -0.39 is 0 Å². The molecule has 0 bridgehead atoms. The molecular formula is C11H15NOS2. The lowest BCUT2D eigenvalue weighted by Gasteiger charge is -2.21. The molecule has 1 aliphatic rings. The maximum Gasteiger partial charge on any atom is 0.261 e. The standard InChI is InChI=1S/C11H15NOS2/c13-11(10-2-1-5-15-10)12-8-9-3-6-14-7-4-9/h1-2,5,9H,3-4,6-8H2,(H,12,13). The second-order valence-corrected chi connectivity index (χ2v) is 5.92. The summed E-state index contributed by atoms with van der Waals surface area (Å²) in [4.78, 5) is 12.5. The molecule has 1 N–H and O–H groups in total. The highest BCUT2D eigenvalue weighted by Gasteiger charge is 2.15. The number of nitrogens with one attached hydrogen (secondary N) is 1. The molecule has 15 heavy (non-hydrogen) atoms. The Morgan fingerprint density at radius 1 is 1.47 bits per heavy atom. The average molecular weight is 241 g/mol. The van der Waals surface area contributed by atoms with E-state index in [4.69, 9.17) is 0 Å². The smallest absolute Gasteiger partial charge is 0.261 e. The molecule has 1 saturated heterocycles. The normalized spacial score (nSPS) is 17.6. The van der Waals surface area contributed by atoms with Gasteiger partial charge in [0.2, 0.25) is 0 Å². The van der Waals surface area contributed by atoms with Crippen LogP contribution in [0.4, 0.5) is 0 Å². The lowest BCUT2D eigenvalue weighted by Crippen LogP contribution is -2.30. The van der Waals surface area contributed by atoms with Crippen molar-refractivity contribution in [2.45, 2.75) is 12.8 Å². The summed E-state index contributed by atoms with van der Waals surface area (Å²) >= 11 is 3.52. The Morgan fingerprint density at radius 3 is 2.93 bits per heavy atom. The van der Waals surface area contributed by atoms with Crippen LogP contribution in [0, 0.1) is 5.92 Å². The molecule has 0 atom stereocenters. The first-order chi connectivity index (χ1) is 7.36. The van der Waals surface area contributed by atoms with Crippen LogP contribution in [0.2, 0.25) is 0 Å². The number of hydrogen-bond acceptors (Lipinski definition) is 3. The highest BCUT2D eigenvalue weighted by Crippen LogP contribution is 2.22. The fourth-order valence-electron chi connectivity index (χ4n) is 1.68. The van der Waals surface area contributed by atoms with E-state index in [0.29, 0.717) is 5.92 Å². The third kappa shape index (κ3) is 3.24. The SMILES string of the molecule is O=C(NCC1CCSCC1)c1cccs1. The van der Waals surface area contributed by atoms with Gasteiger partial charge in [-0.3, -0.25) is 4.79 Å². The number of thiophene rings is 1. The zero-order chi connectivity index (χ0) is 10.5. The summed E-state index contributed by atoms with van der Waals surface area (Å²) in [6.07, 6.45) is 2.49. The number of carbonyl (C=O) groups excluding carboxylic acids is 1. The van der Waals surface area contributed by atoms with Crippen LogP contribution in [0.1, 0.15) is 22.5 Å². The molecule has 0 aromatic carbocycles. The van der Waals surface area contributed by atoms with Crippen LogP contribution >= 0.6 is 23.1 Å².